The van der Waals surface area contributed by atoms with E-state index in [1.807, 2.05) is 0 Å². The number of rotatable bonds is 4. The van der Waals surface area contributed by atoms with Crippen molar-refractivity contribution in [2.75, 3.05) is 31.5 Å². The number of nitrogens with one attached hydrogen (secondary N) is 2. The zero-order valence-electron chi connectivity index (χ0n) is 11.3. The van der Waals surface area contributed by atoms with E-state index in [1.54, 1.807) is 0 Å². The largest absolute Gasteiger partial charge is 0.325 e. The smallest absolute Gasteiger partial charge is 0.269 e. The van der Waals surface area contributed by atoms with Crippen LogP contribution in [0.25, 0.3) is 0 Å². The van der Waals surface area contributed by atoms with Gasteiger partial charge in [0.05, 0.1) is 11.5 Å². The second-order valence-corrected chi connectivity index (χ2v) is 4.94. The third-order valence-electron chi connectivity index (χ3n) is 3.18. The average Bonchev–Trinajstić information content (AvgIpc) is 2.39. The van der Waals surface area contributed by atoms with Gasteiger partial charge in [0.1, 0.15) is 0 Å². The highest BCUT2D eigenvalue weighted by Crippen LogP contribution is 2.15. The Hall–Kier alpha value is -1.99. The molecule has 2 N–H and O–H groups in total. The maximum Gasteiger partial charge on any atom is 0.269 e. The zero-order valence-corrected chi connectivity index (χ0v) is 11.3. The van der Waals surface area contributed by atoms with E-state index in [0.29, 0.717) is 18.3 Å². The Bertz CT molecular complexity index is 489. The van der Waals surface area contributed by atoms with Gasteiger partial charge in [-0.1, -0.05) is 0 Å². The summed E-state index contributed by atoms with van der Waals surface area (Å²) in [5.74, 6) is -0.104. The fraction of sp³-hybridized carbons (Fsp3) is 0.462. The number of nitro groups is 1. The Morgan fingerprint density at radius 2 is 2.20 bits per heavy atom. The molecule has 20 heavy (non-hydrogen) atoms. The fourth-order valence-corrected chi connectivity index (χ4v) is 2.23. The lowest BCUT2D eigenvalue weighted by molar-refractivity contribution is -0.384. The normalized spacial score (nSPS) is 19.6. The van der Waals surface area contributed by atoms with Crippen LogP contribution >= 0.6 is 0 Å². The maximum absolute atomic E-state index is 11.9. The number of benzene rings is 1. The molecule has 0 saturated carbocycles. The van der Waals surface area contributed by atoms with Gasteiger partial charge in [-0.3, -0.25) is 19.8 Å². The number of amides is 1. The Labute approximate surface area is 117 Å². The second-order valence-electron chi connectivity index (χ2n) is 4.94. The number of hydrogen-bond acceptors (Lipinski definition) is 5. The Morgan fingerprint density at radius 1 is 1.50 bits per heavy atom. The van der Waals surface area contributed by atoms with Gasteiger partial charge < -0.3 is 10.6 Å². The van der Waals surface area contributed by atoms with Crippen LogP contribution in [0.2, 0.25) is 0 Å². The number of anilines is 1. The van der Waals surface area contributed by atoms with E-state index < -0.39 is 4.92 Å². The summed E-state index contributed by atoms with van der Waals surface area (Å²) in [5.41, 5.74) is 0.586. The molecule has 0 aromatic heterocycles. The molecule has 1 aliphatic heterocycles. The molecule has 0 unspecified atom stereocenters. The van der Waals surface area contributed by atoms with Crippen LogP contribution in [0.1, 0.15) is 6.92 Å². The van der Waals surface area contributed by atoms with Gasteiger partial charge in [0.25, 0.3) is 5.69 Å². The molecule has 0 bridgehead atoms. The predicted molar refractivity (Wildman–Crippen MR) is 75.6 cm³/mol. The second kappa shape index (κ2) is 6.44. The first-order chi connectivity index (χ1) is 9.54. The molecule has 7 heteroatoms. The van der Waals surface area contributed by atoms with Crippen molar-refractivity contribution in [1.82, 2.24) is 10.2 Å². The lowest BCUT2D eigenvalue weighted by atomic mass is 10.2. The summed E-state index contributed by atoms with van der Waals surface area (Å²) < 4.78 is 0. The van der Waals surface area contributed by atoms with E-state index >= 15 is 0 Å². The fourth-order valence-electron chi connectivity index (χ4n) is 2.23. The minimum absolute atomic E-state index is 0.0129. The summed E-state index contributed by atoms with van der Waals surface area (Å²) in [7, 11) is 0. The summed E-state index contributed by atoms with van der Waals surface area (Å²) in [5, 5.41) is 16.6. The third kappa shape index (κ3) is 4.01. The highest BCUT2D eigenvalue weighted by atomic mass is 16.6. The van der Waals surface area contributed by atoms with Crippen molar-refractivity contribution in [3.8, 4) is 0 Å². The molecule has 1 fully saturated rings. The number of piperazine rings is 1. The number of carbonyl (C=O) groups excluding carboxylic acids is 1. The predicted octanol–water partition coefficient (Wildman–Crippen LogP) is 0.827. The van der Waals surface area contributed by atoms with E-state index in [1.165, 1.54) is 24.3 Å². The van der Waals surface area contributed by atoms with E-state index in [2.05, 4.69) is 22.5 Å². The number of non-ortho nitro benzene ring substituents is 1. The van der Waals surface area contributed by atoms with Gasteiger partial charge in [-0.25, -0.2) is 0 Å². The molecule has 0 spiro atoms. The van der Waals surface area contributed by atoms with Crippen molar-refractivity contribution in [3.63, 3.8) is 0 Å². The van der Waals surface area contributed by atoms with Crippen molar-refractivity contribution < 1.29 is 9.72 Å². The summed E-state index contributed by atoms with van der Waals surface area (Å²) in [6.45, 7) is 4.99. The van der Waals surface area contributed by atoms with E-state index in [4.69, 9.17) is 0 Å². The molecular weight excluding hydrogens is 260 g/mol. The summed E-state index contributed by atoms with van der Waals surface area (Å²) in [6, 6.07) is 6.22. The highest BCUT2D eigenvalue weighted by molar-refractivity contribution is 5.92. The van der Waals surface area contributed by atoms with Gasteiger partial charge in [-0.05, 0) is 19.1 Å². The molecule has 1 aromatic rings. The summed E-state index contributed by atoms with van der Waals surface area (Å²) >= 11 is 0. The molecule has 108 valence electrons. The molecule has 0 radical (unpaired) electrons. The van der Waals surface area contributed by atoms with Crippen LogP contribution in [0.4, 0.5) is 11.4 Å². The van der Waals surface area contributed by atoms with Crippen LogP contribution in [0.3, 0.4) is 0 Å². The minimum atomic E-state index is -0.465. The number of nitrogens with zero attached hydrogens (tertiary/aromatic N) is 2. The lowest BCUT2D eigenvalue weighted by Crippen LogP contribution is -2.51. The van der Waals surface area contributed by atoms with Crippen molar-refractivity contribution in [1.29, 1.82) is 0 Å². The minimum Gasteiger partial charge on any atom is -0.325 e. The lowest BCUT2D eigenvalue weighted by Gasteiger charge is -2.31. The molecule has 1 aromatic carbocycles. The number of nitro benzene ring substituents is 1. The molecule has 7 nitrogen and oxygen atoms in total. The molecule has 1 heterocycles. The van der Waals surface area contributed by atoms with E-state index in [9.17, 15) is 14.9 Å². The summed E-state index contributed by atoms with van der Waals surface area (Å²) in [4.78, 5) is 24.1. The van der Waals surface area contributed by atoms with Crippen molar-refractivity contribution in [3.05, 3.63) is 34.4 Å². The van der Waals surface area contributed by atoms with Crippen LogP contribution in [0.5, 0.6) is 0 Å². The van der Waals surface area contributed by atoms with Crippen LogP contribution in [0.15, 0.2) is 24.3 Å². The number of hydrogen-bond donors (Lipinski definition) is 2. The van der Waals surface area contributed by atoms with E-state index in [-0.39, 0.29) is 11.6 Å². The first-order valence-electron chi connectivity index (χ1n) is 6.54. The Kier molecular flexibility index (Phi) is 4.65. The van der Waals surface area contributed by atoms with Gasteiger partial charge in [0.15, 0.2) is 0 Å². The SMILES string of the molecule is C[C@H]1CN(CC(=O)Nc2ccc([N+](=O)[O-])cc2)CCN1. The standard InChI is InChI=1S/C13H18N4O3/c1-10-8-16(7-6-14-10)9-13(18)15-11-2-4-12(5-3-11)17(19)20/h2-5,10,14H,6-9H2,1H3,(H,15,18)/t10-/m0/s1. The number of carbonyl (C=O) groups is 1. The monoisotopic (exact) mass is 278 g/mol. The molecule has 1 amide bonds. The average molecular weight is 278 g/mol. The first kappa shape index (κ1) is 14.4. The molecule has 0 aliphatic carbocycles. The van der Waals surface area contributed by atoms with Crippen molar-refractivity contribution in [2.24, 2.45) is 0 Å². The van der Waals surface area contributed by atoms with Gasteiger partial charge in [-0.15, -0.1) is 0 Å². The van der Waals surface area contributed by atoms with Gasteiger partial charge in [0, 0.05) is 43.5 Å². The van der Waals surface area contributed by atoms with E-state index in [0.717, 1.165) is 19.6 Å². The van der Waals surface area contributed by atoms with Gasteiger partial charge >= 0.3 is 0 Å². The highest BCUT2D eigenvalue weighted by Gasteiger charge is 2.18. The molecule has 2 rings (SSSR count). The molecule has 1 saturated heterocycles. The van der Waals surface area contributed by atoms with Crippen LogP contribution < -0.4 is 10.6 Å². The molecule has 1 aliphatic rings. The topological polar surface area (TPSA) is 87.5 Å². The third-order valence-corrected chi connectivity index (χ3v) is 3.18. The zero-order chi connectivity index (χ0) is 14.5. The summed E-state index contributed by atoms with van der Waals surface area (Å²) in [6.07, 6.45) is 0. The quantitative estimate of drug-likeness (QED) is 0.629. The Balaban J connectivity index is 1.86. The van der Waals surface area contributed by atoms with Crippen molar-refractivity contribution >= 4 is 17.3 Å². The van der Waals surface area contributed by atoms with Crippen LogP contribution in [-0.2, 0) is 4.79 Å². The molecule has 1 atom stereocenters. The van der Waals surface area contributed by atoms with Gasteiger partial charge in [-0.2, -0.15) is 0 Å². The van der Waals surface area contributed by atoms with Crippen LogP contribution in [-0.4, -0.2) is 48.0 Å². The maximum atomic E-state index is 11.9. The Morgan fingerprint density at radius 3 is 2.80 bits per heavy atom. The van der Waals surface area contributed by atoms with Crippen LogP contribution in [0, 0.1) is 10.1 Å². The first-order valence-corrected chi connectivity index (χ1v) is 6.54. The van der Waals surface area contributed by atoms with Crippen molar-refractivity contribution in [2.45, 2.75) is 13.0 Å². The molecular formula is C13H18N4O3. The van der Waals surface area contributed by atoms with Gasteiger partial charge in [0.2, 0.25) is 5.91 Å².